The highest BCUT2D eigenvalue weighted by atomic mass is 127. The van der Waals surface area contributed by atoms with E-state index in [1.165, 1.54) is 10.9 Å². The number of carbonyl (C=O) groups excluding carboxylic acids is 1. The molecule has 0 fully saturated rings. The molecule has 0 bridgehead atoms. The molecule has 0 saturated heterocycles. The first-order valence-electron chi connectivity index (χ1n) is 7.15. The Morgan fingerprint density at radius 3 is 2.64 bits per heavy atom. The molecule has 112 valence electrons. The van der Waals surface area contributed by atoms with Gasteiger partial charge in [-0.3, -0.25) is 4.79 Å². The predicted molar refractivity (Wildman–Crippen MR) is 99.8 cm³/mol. The maximum Gasteiger partial charge on any atom is 0.236 e. The average molecular weight is 404 g/mol. The third-order valence-corrected chi connectivity index (χ3v) is 4.51. The number of aromatic nitrogens is 1. The largest absolute Gasteiger partial charge is 0.343 e. The van der Waals surface area contributed by atoms with Crippen LogP contribution in [0.2, 0.25) is 0 Å². The first kappa shape index (κ1) is 15.1. The third-order valence-electron chi connectivity index (χ3n) is 3.86. The maximum atomic E-state index is 12.0. The van der Waals surface area contributed by atoms with Crippen molar-refractivity contribution in [2.24, 2.45) is 0 Å². The van der Waals surface area contributed by atoms with E-state index in [0.717, 1.165) is 17.8 Å². The van der Waals surface area contributed by atoms with E-state index in [1.54, 1.807) is 4.90 Å². The van der Waals surface area contributed by atoms with Gasteiger partial charge in [-0.2, -0.15) is 0 Å². The molecule has 1 heterocycles. The van der Waals surface area contributed by atoms with Crippen molar-refractivity contribution in [1.82, 2.24) is 4.57 Å². The lowest BCUT2D eigenvalue weighted by atomic mass is 10.1. The van der Waals surface area contributed by atoms with Crippen LogP contribution in [-0.4, -0.2) is 21.9 Å². The maximum absolute atomic E-state index is 12.0. The molecule has 0 aliphatic heterocycles. The Kier molecular flexibility index (Phi) is 4.47. The second kappa shape index (κ2) is 6.52. The molecule has 4 heteroatoms. The first-order valence-corrected chi connectivity index (χ1v) is 8.67. The Morgan fingerprint density at radius 2 is 1.82 bits per heavy atom. The van der Waals surface area contributed by atoms with E-state index in [1.807, 2.05) is 31.3 Å². The first-order chi connectivity index (χ1) is 10.7. The van der Waals surface area contributed by atoms with Crippen LogP contribution in [-0.2, 0) is 11.3 Å². The molecule has 2 aromatic carbocycles. The number of alkyl halides is 1. The molecule has 0 N–H and O–H groups in total. The summed E-state index contributed by atoms with van der Waals surface area (Å²) in [5, 5.41) is 1.23. The molecular formula is C18H17IN2O. The van der Waals surface area contributed by atoms with Crippen molar-refractivity contribution in [3.05, 3.63) is 66.4 Å². The summed E-state index contributed by atoms with van der Waals surface area (Å²) in [5.41, 5.74) is 3.33. The number of nitrogens with zero attached hydrogens (tertiary/aromatic N) is 2. The molecule has 0 aliphatic carbocycles. The molecule has 0 saturated carbocycles. The Bertz CT molecular complexity index is 809. The molecule has 0 radical (unpaired) electrons. The van der Waals surface area contributed by atoms with E-state index in [0.29, 0.717) is 4.43 Å². The number of fused-ring (bicyclic) bond motifs is 1. The zero-order valence-corrected chi connectivity index (χ0v) is 14.5. The van der Waals surface area contributed by atoms with E-state index < -0.39 is 0 Å². The summed E-state index contributed by atoms with van der Waals surface area (Å²) in [6.07, 6.45) is 2.10. The van der Waals surface area contributed by atoms with Gasteiger partial charge in [-0.05, 0) is 29.1 Å². The van der Waals surface area contributed by atoms with Crippen molar-refractivity contribution in [1.29, 1.82) is 0 Å². The van der Waals surface area contributed by atoms with E-state index in [2.05, 4.69) is 63.7 Å². The topological polar surface area (TPSA) is 25.2 Å². The normalized spacial score (nSPS) is 10.8. The van der Waals surface area contributed by atoms with E-state index in [9.17, 15) is 4.79 Å². The second-order valence-electron chi connectivity index (χ2n) is 5.22. The summed E-state index contributed by atoms with van der Waals surface area (Å²) in [6.45, 7) is 0.753. The van der Waals surface area contributed by atoms with Gasteiger partial charge in [0.25, 0.3) is 0 Å². The minimum atomic E-state index is 0.116. The summed E-state index contributed by atoms with van der Waals surface area (Å²) >= 11 is 2.10. The summed E-state index contributed by atoms with van der Waals surface area (Å²) < 4.78 is 2.70. The van der Waals surface area contributed by atoms with Gasteiger partial charge in [0.2, 0.25) is 5.91 Å². The average Bonchev–Trinajstić information content (AvgIpc) is 2.97. The van der Waals surface area contributed by atoms with Gasteiger partial charge in [-0.25, -0.2) is 0 Å². The lowest BCUT2D eigenvalue weighted by Crippen LogP contribution is -2.28. The predicted octanol–water partition coefficient (Wildman–Crippen LogP) is 4.09. The highest BCUT2D eigenvalue weighted by Gasteiger charge is 2.13. The van der Waals surface area contributed by atoms with Crippen molar-refractivity contribution in [2.75, 3.05) is 16.4 Å². The van der Waals surface area contributed by atoms with Gasteiger partial charge in [0.1, 0.15) is 0 Å². The van der Waals surface area contributed by atoms with Crippen LogP contribution < -0.4 is 4.90 Å². The molecule has 1 amide bonds. The van der Waals surface area contributed by atoms with Crippen molar-refractivity contribution >= 4 is 45.1 Å². The number of hydrogen-bond acceptors (Lipinski definition) is 1. The van der Waals surface area contributed by atoms with Crippen LogP contribution in [0, 0.1) is 0 Å². The number of halogens is 1. The van der Waals surface area contributed by atoms with Crippen LogP contribution in [0.15, 0.2) is 60.8 Å². The molecule has 3 aromatic rings. The minimum absolute atomic E-state index is 0.116. The molecule has 22 heavy (non-hydrogen) atoms. The van der Waals surface area contributed by atoms with Crippen LogP contribution in [0.4, 0.5) is 5.69 Å². The number of para-hydroxylation sites is 2. The molecule has 0 unspecified atom stereocenters. The van der Waals surface area contributed by atoms with Gasteiger partial charge in [-0.15, -0.1) is 0 Å². The Hall–Kier alpha value is -1.82. The number of amides is 1. The highest BCUT2D eigenvalue weighted by Crippen LogP contribution is 2.23. The second-order valence-corrected chi connectivity index (χ2v) is 5.98. The lowest BCUT2D eigenvalue weighted by molar-refractivity contribution is -0.115. The van der Waals surface area contributed by atoms with Gasteiger partial charge < -0.3 is 9.47 Å². The van der Waals surface area contributed by atoms with E-state index in [4.69, 9.17) is 0 Å². The molecular weight excluding hydrogens is 387 g/mol. The van der Waals surface area contributed by atoms with Crippen LogP contribution in [0.1, 0.15) is 5.56 Å². The minimum Gasteiger partial charge on any atom is -0.343 e. The van der Waals surface area contributed by atoms with Gasteiger partial charge in [0.15, 0.2) is 0 Å². The van der Waals surface area contributed by atoms with Gasteiger partial charge >= 0.3 is 0 Å². The highest BCUT2D eigenvalue weighted by molar-refractivity contribution is 14.1. The van der Waals surface area contributed by atoms with Crippen LogP contribution >= 0.6 is 22.6 Å². The molecule has 0 aliphatic rings. The van der Waals surface area contributed by atoms with Crippen LogP contribution in [0.25, 0.3) is 10.9 Å². The van der Waals surface area contributed by atoms with Gasteiger partial charge in [-0.1, -0.05) is 59.0 Å². The van der Waals surface area contributed by atoms with E-state index >= 15 is 0 Å². The Morgan fingerprint density at radius 1 is 1.09 bits per heavy atom. The quantitative estimate of drug-likeness (QED) is 0.475. The number of benzene rings is 2. The SMILES string of the molecule is CN(C(=O)CI)c1ccccc1Cn1ccc2ccccc21. The number of anilines is 1. The number of rotatable bonds is 4. The molecule has 3 nitrogen and oxygen atoms in total. The fourth-order valence-corrected chi connectivity index (χ4v) is 3.17. The van der Waals surface area contributed by atoms with E-state index in [-0.39, 0.29) is 5.91 Å². The van der Waals surface area contributed by atoms with Crippen molar-refractivity contribution < 1.29 is 4.79 Å². The van der Waals surface area contributed by atoms with Crippen LogP contribution in [0.5, 0.6) is 0 Å². The molecule has 3 rings (SSSR count). The van der Waals surface area contributed by atoms with Crippen LogP contribution in [0.3, 0.4) is 0 Å². The molecule has 0 spiro atoms. The van der Waals surface area contributed by atoms with Crippen molar-refractivity contribution in [3.63, 3.8) is 0 Å². The molecule has 0 atom stereocenters. The third kappa shape index (κ3) is 2.88. The molecule has 1 aromatic heterocycles. The Labute approximate surface area is 143 Å². The summed E-state index contributed by atoms with van der Waals surface area (Å²) in [7, 11) is 1.84. The Balaban J connectivity index is 1.97. The standard InChI is InChI=1S/C18H17IN2O/c1-20(18(22)12-19)16-8-4-3-7-15(16)13-21-11-10-14-6-2-5-9-17(14)21/h2-11H,12-13H2,1H3. The zero-order valence-electron chi connectivity index (χ0n) is 12.4. The van der Waals surface area contributed by atoms with Gasteiger partial charge in [0, 0.05) is 31.0 Å². The van der Waals surface area contributed by atoms with Crippen molar-refractivity contribution in [2.45, 2.75) is 6.54 Å². The monoisotopic (exact) mass is 404 g/mol. The lowest BCUT2D eigenvalue weighted by Gasteiger charge is -2.20. The fraction of sp³-hybridized carbons (Fsp3) is 0.167. The summed E-state index contributed by atoms with van der Waals surface area (Å²) in [5.74, 6) is 0.116. The van der Waals surface area contributed by atoms with Crippen molar-refractivity contribution in [3.8, 4) is 0 Å². The number of hydrogen-bond donors (Lipinski definition) is 0. The zero-order chi connectivity index (χ0) is 15.5. The smallest absolute Gasteiger partial charge is 0.236 e. The summed E-state index contributed by atoms with van der Waals surface area (Å²) in [4.78, 5) is 13.7. The fourth-order valence-electron chi connectivity index (χ4n) is 2.66. The summed E-state index contributed by atoms with van der Waals surface area (Å²) in [6, 6.07) is 18.5. The number of carbonyl (C=O) groups is 1. The van der Waals surface area contributed by atoms with Gasteiger partial charge in [0.05, 0.1) is 4.43 Å².